The summed E-state index contributed by atoms with van der Waals surface area (Å²) in [6, 6.07) is 17.8. The molecule has 1 saturated heterocycles. The minimum absolute atomic E-state index is 0.0874. The maximum atomic E-state index is 13.6. The molecule has 0 saturated carbocycles. The number of nitrogens with zero attached hydrogens (tertiary/aromatic N) is 4. The first-order valence-electron chi connectivity index (χ1n) is 11.8. The Bertz CT molecular complexity index is 1490. The molecule has 1 amide bonds. The fourth-order valence-electron chi connectivity index (χ4n) is 4.65. The quantitative estimate of drug-likeness (QED) is 0.433. The van der Waals surface area contributed by atoms with Crippen molar-refractivity contribution in [3.63, 3.8) is 0 Å². The summed E-state index contributed by atoms with van der Waals surface area (Å²) in [4.78, 5) is 44.3. The van der Waals surface area contributed by atoms with Crippen LogP contribution in [0.2, 0.25) is 0 Å². The summed E-state index contributed by atoms with van der Waals surface area (Å²) in [6.07, 6.45) is 0. The standard InChI is InChI=1S/C27H28N4O3S/c1-19-8-9-20(2)23(16-19)31-26(33)25-22(10-15-35-25)30(27(31)34)18-24(32)29-13-11-28(12-14-29)17-21-6-4-3-5-7-21/h3-10,15-16H,11-14,17-18H2,1-2H3. The number of fused-ring (bicyclic) bond motifs is 1. The number of carbonyl (C=O) groups is 1. The van der Waals surface area contributed by atoms with Crippen LogP contribution < -0.4 is 11.2 Å². The number of rotatable bonds is 5. The molecule has 0 unspecified atom stereocenters. The number of hydrogen-bond acceptors (Lipinski definition) is 5. The van der Waals surface area contributed by atoms with Crippen LogP contribution in [0.25, 0.3) is 15.9 Å². The molecular weight excluding hydrogens is 460 g/mol. The summed E-state index contributed by atoms with van der Waals surface area (Å²) in [5, 5.41) is 1.79. The minimum atomic E-state index is -0.481. The Kier molecular flexibility index (Phi) is 6.40. The Balaban J connectivity index is 1.40. The fourth-order valence-corrected chi connectivity index (χ4v) is 5.47. The third-order valence-electron chi connectivity index (χ3n) is 6.63. The van der Waals surface area contributed by atoms with Crippen LogP contribution >= 0.6 is 11.3 Å². The highest BCUT2D eigenvalue weighted by molar-refractivity contribution is 7.17. The smallest absolute Gasteiger partial charge is 0.336 e. The molecular formula is C27H28N4O3S. The molecule has 0 aliphatic carbocycles. The summed E-state index contributed by atoms with van der Waals surface area (Å²) in [5.41, 5.74) is 3.30. The van der Waals surface area contributed by atoms with E-state index in [1.54, 1.807) is 11.4 Å². The van der Waals surface area contributed by atoms with Gasteiger partial charge in [0.25, 0.3) is 5.56 Å². The van der Waals surface area contributed by atoms with E-state index in [4.69, 9.17) is 0 Å². The zero-order valence-corrected chi connectivity index (χ0v) is 20.8. The van der Waals surface area contributed by atoms with Crippen LogP contribution in [0, 0.1) is 13.8 Å². The lowest BCUT2D eigenvalue weighted by molar-refractivity contribution is -0.133. The molecule has 1 aliphatic rings. The van der Waals surface area contributed by atoms with E-state index in [-0.39, 0.29) is 18.0 Å². The van der Waals surface area contributed by atoms with Gasteiger partial charge in [0.05, 0.1) is 11.2 Å². The van der Waals surface area contributed by atoms with E-state index in [2.05, 4.69) is 17.0 Å². The monoisotopic (exact) mass is 488 g/mol. The first kappa shape index (κ1) is 23.3. The fraction of sp³-hybridized carbons (Fsp3) is 0.296. The molecule has 0 radical (unpaired) electrons. The van der Waals surface area contributed by atoms with Gasteiger partial charge < -0.3 is 4.90 Å². The lowest BCUT2D eigenvalue weighted by atomic mass is 10.1. The van der Waals surface area contributed by atoms with Crippen molar-refractivity contribution in [2.24, 2.45) is 0 Å². The summed E-state index contributed by atoms with van der Waals surface area (Å²) >= 11 is 1.29. The largest absolute Gasteiger partial charge is 0.339 e. The molecule has 180 valence electrons. The molecule has 1 fully saturated rings. The number of hydrogen-bond donors (Lipinski definition) is 0. The first-order valence-corrected chi connectivity index (χ1v) is 12.6. The maximum Gasteiger partial charge on any atom is 0.336 e. The van der Waals surface area contributed by atoms with Gasteiger partial charge >= 0.3 is 5.69 Å². The maximum absolute atomic E-state index is 13.6. The first-order chi connectivity index (χ1) is 16.9. The SMILES string of the molecule is Cc1ccc(C)c(-n2c(=O)c3sccc3n(CC(=O)N3CCN(Cc4ccccc4)CC3)c2=O)c1. The highest BCUT2D eigenvalue weighted by atomic mass is 32.1. The van der Waals surface area contributed by atoms with Crippen LogP contribution in [0.5, 0.6) is 0 Å². The van der Waals surface area contributed by atoms with Gasteiger partial charge in [0.15, 0.2) is 0 Å². The van der Waals surface area contributed by atoms with E-state index >= 15 is 0 Å². The second kappa shape index (κ2) is 9.64. The van der Waals surface area contributed by atoms with E-state index in [0.29, 0.717) is 29.0 Å². The zero-order valence-electron chi connectivity index (χ0n) is 19.9. The molecule has 0 N–H and O–H groups in total. The van der Waals surface area contributed by atoms with Crippen molar-refractivity contribution in [1.82, 2.24) is 18.9 Å². The van der Waals surface area contributed by atoms with Crippen molar-refractivity contribution in [1.29, 1.82) is 0 Å². The van der Waals surface area contributed by atoms with Crippen LogP contribution in [0.15, 0.2) is 69.6 Å². The highest BCUT2D eigenvalue weighted by Crippen LogP contribution is 2.19. The summed E-state index contributed by atoms with van der Waals surface area (Å²) in [7, 11) is 0. The van der Waals surface area contributed by atoms with Crippen molar-refractivity contribution in [2.75, 3.05) is 26.2 Å². The molecule has 5 rings (SSSR count). The summed E-state index contributed by atoms with van der Waals surface area (Å²) in [6.45, 7) is 7.37. The molecule has 0 spiro atoms. The Morgan fingerprint density at radius 2 is 1.69 bits per heavy atom. The number of aromatic nitrogens is 2. The average molecular weight is 489 g/mol. The van der Waals surface area contributed by atoms with Gasteiger partial charge in [-0.25, -0.2) is 9.36 Å². The second-order valence-electron chi connectivity index (χ2n) is 9.08. The summed E-state index contributed by atoms with van der Waals surface area (Å²) < 4.78 is 3.14. The van der Waals surface area contributed by atoms with Gasteiger partial charge in [-0.3, -0.25) is 19.1 Å². The van der Waals surface area contributed by atoms with Crippen molar-refractivity contribution in [3.05, 3.63) is 97.5 Å². The van der Waals surface area contributed by atoms with Crippen molar-refractivity contribution in [2.45, 2.75) is 26.9 Å². The van der Waals surface area contributed by atoms with Gasteiger partial charge in [0.2, 0.25) is 5.91 Å². The number of thiophene rings is 1. The number of amides is 1. The molecule has 2 aromatic carbocycles. The molecule has 35 heavy (non-hydrogen) atoms. The number of aryl methyl sites for hydroxylation is 2. The lowest BCUT2D eigenvalue weighted by Gasteiger charge is -2.35. The van der Waals surface area contributed by atoms with Crippen LogP contribution in [-0.2, 0) is 17.9 Å². The van der Waals surface area contributed by atoms with Crippen molar-refractivity contribution in [3.8, 4) is 5.69 Å². The molecule has 7 nitrogen and oxygen atoms in total. The molecule has 0 bridgehead atoms. The van der Waals surface area contributed by atoms with Crippen LogP contribution in [0.1, 0.15) is 16.7 Å². The normalized spacial score (nSPS) is 14.5. The molecule has 0 atom stereocenters. The van der Waals surface area contributed by atoms with E-state index in [9.17, 15) is 14.4 Å². The van der Waals surface area contributed by atoms with E-state index in [1.165, 1.54) is 26.0 Å². The highest BCUT2D eigenvalue weighted by Gasteiger charge is 2.24. The summed E-state index contributed by atoms with van der Waals surface area (Å²) in [5.74, 6) is -0.106. The molecule has 3 heterocycles. The van der Waals surface area contributed by atoms with Gasteiger partial charge in [0, 0.05) is 32.7 Å². The molecule has 4 aromatic rings. The van der Waals surface area contributed by atoms with Crippen molar-refractivity contribution < 1.29 is 4.79 Å². The van der Waals surface area contributed by atoms with Crippen molar-refractivity contribution >= 4 is 27.5 Å². The third kappa shape index (κ3) is 4.59. The second-order valence-corrected chi connectivity index (χ2v) is 9.99. The van der Waals surface area contributed by atoms with E-state index in [0.717, 1.165) is 30.8 Å². The van der Waals surface area contributed by atoms with Gasteiger partial charge in [0.1, 0.15) is 11.2 Å². The van der Waals surface area contributed by atoms with Gasteiger partial charge in [-0.1, -0.05) is 42.5 Å². The minimum Gasteiger partial charge on any atom is -0.339 e. The average Bonchev–Trinajstić information content (AvgIpc) is 3.35. The molecule has 8 heteroatoms. The Morgan fingerprint density at radius 1 is 0.943 bits per heavy atom. The van der Waals surface area contributed by atoms with Gasteiger partial charge in [-0.15, -0.1) is 11.3 Å². The van der Waals surface area contributed by atoms with Crippen LogP contribution in [-0.4, -0.2) is 51.0 Å². The Labute approximate surface area is 207 Å². The zero-order chi connectivity index (χ0) is 24.5. The predicted octanol–water partition coefficient (Wildman–Crippen LogP) is 3.18. The Hall–Kier alpha value is -3.49. The molecule has 1 aliphatic heterocycles. The van der Waals surface area contributed by atoms with Gasteiger partial charge in [-0.2, -0.15) is 0 Å². The van der Waals surface area contributed by atoms with Crippen LogP contribution in [0.4, 0.5) is 0 Å². The molecule has 2 aromatic heterocycles. The van der Waals surface area contributed by atoms with Crippen LogP contribution in [0.3, 0.4) is 0 Å². The lowest BCUT2D eigenvalue weighted by Crippen LogP contribution is -2.50. The number of benzene rings is 2. The van der Waals surface area contributed by atoms with E-state index < -0.39 is 5.69 Å². The predicted molar refractivity (Wildman–Crippen MR) is 139 cm³/mol. The number of carbonyl (C=O) groups excluding carboxylic acids is 1. The topological polar surface area (TPSA) is 67.6 Å². The third-order valence-corrected chi connectivity index (χ3v) is 7.52. The number of piperazine rings is 1. The van der Waals surface area contributed by atoms with Gasteiger partial charge in [-0.05, 0) is 48.1 Å². The van der Waals surface area contributed by atoms with E-state index in [1.807, 2.05) is 55.1 Å². The Morgan fingerprint density at radius 3 is 2.43 bits per heavy atom.